The highest BCUT2D eigenvalue weighted by Gasteiger charge is 2.10. The maximum Gasteiger partial charge on any atom is 0.144 e. The van der Waals surface area contributed by atoms with Crippen LogP contribution in [-0.4, -0.2) is 11.5 Å². The van der Waals surface area contributed by atoms with Gasteiger partial charge < -0.3 is 5.32 Å². The Hall–Kier alpha value is -1.86. The van der Waals surface area contributed by atoms with E-state index in [1.165, 1.54) is 0 Å². The number of halogens is 1. The topological polar surface area (TPSA) is 48.7 Å². The lowest BCUT2D eigenvalue weighted by Crippen LogP contribution is -2.04. The molecule has 3 nitrogen and oxygen atoms in total. The molecule has 2 aromatic rings. The van der Waals surface area contributed by atoms with E-state index in [1.54, 1.807) is 0 Å². The maximum absolute atomic E-state index is 9.13. The summed E-state index contributed by atoms with van der Waals surface area (Å²) in [6.07, 6.45) is 0. The molecule has 1 heterocycles. The molecule has 0 unspecified atom stereocenters. The van der Waals surface area contributed by atoms with Gasteiger partial charge in [-0.3, -0.25) is 0 Å². The maximum atomic E-state index is 9.13. The monoisotopic (exact) mass is 315 g/mol. The number of pyridine rings is 1. The van der Waals surface area contributed by atoms with Crippen molar-refractivity contribution < 1.29 is 0 Å². The molecular formula is C15H14BrN3. The summed E-state index contributed by atoms with van der Waals surface area (Å²) in [5.41, 5.74) is 3.53. The van der Waals surface area contributed by atoms with Crippen LogP contribution in [0.3, 0.4) is 0 Å². The minimum atomic E-state index is 0.584. The number of nitrogens with one attached hydrogen (secondary N) is 1. The Bertz CT molecular complexity index is 627. The van der Waals surface area contributed by atoms with Crippen LogP contribution in [0, 0.1) is 18.3 Å². The van der Waals surface area contributed by atoms with Gasteiger partial charge in [-0.05, 0) is 37.6 Å². The van der Waals surface area contributed by atoms with Gasteiger partial charge in [0.15, 0.2) is 0 Å². The highest BCUT2D eigenvalue weighted by atomic mass is 79.9. The van der Waals surface area contributed by atoms with Crippen molar-refractivity contribution in [2.45, 2.75) is 13.8 Å². The molecule has 0 aliphatic carbocycles. The van der Waals surface area contributed by atoms with Crippen LogP contribution in [0.1, 0.15) is 18.1 Å². The van der Waals surface area contributed by atoms with Crippen LogP contribution < -0.4 is 5.32 Å². The third-order valence-electron chi connectivity index (χ3n) is 2.80. The smallest absolute Gasteiger partial charge is 0.144 e. The summed E-state index contributed by atoms with van der Waals surface area (Å²) in [5.74, 6) is 0.647. The molecule has 1 aromatic carbocycles. The lowest BCUT2D eigenvalue weighted by Gasteiger charge is -2.11. The van der Waals surface area contributed by atoms with Crippen LogP contribution in [0.2, 0.25) is 0 Å². The van der Waals surface area contributed by atoms with Crippen molar-refractivity contribution in [2.75, 3.05) is 11.9 Å². The van der Waals surface area contributed by atoms with Gasteiger partial charge in [0, 0.05) is 16.6 Å². The van der Waals surface area contributed by atoms with Crippen LogP contribution in [0.25, 0.3) is 11.3 Å². The second-order valence-corrected chi connectivity index (χ2v) is 5.11. The molecule has 0 bridgehead atoms. The Kier molecular flexibility index (Phi) is 4.18. The highest BCUT2D eigenvalue weighted by Crippen LogP contribution is 2.26. The molecule has 0 radical (unpaired) electrons. The van der Waals surface area contributed by atoms with Crippen LogP contribution >= 0.6 is 15.9 Å². The molecule has 0 amide bonds. The first kappa shape index (κ1) is 13.6. The molecule has 0 fully saturated rings. The average Bonchev–Trinajstić information content (AvgIpc) is 2.41. The molecule has 96 valence electrons. The second kappa shape index (κ2) is 5.85. The summed E-state index contributed by atoms with van der Waals surface area (Å²) in [5, 5.41) is 12.3. The summed E-state index contributed by atoms with van der Waals surface area (Å²) in [4.78, 5) is 4.58. The van der Waals surface area contributed by atoms with Gasteiger partial charge in [-0.25, -0.2) is 4.98 Å². The minimum Gasteiger partial charge on any atom is -0.369 e. The lowest BCUT2D eigenvalue weighted by molar-refractivity contribution is 1.14. The van der Waals surface area contributed by atoms with Crippen molar-refractivity contribution in [3.05, 3.63) is 45.9 Å². The van der Waals surface area contributed by atoms with Crippen LogP contribution in [0.15, 0.2) is 34.8 Å². The van der Waals surface area contributed by atoms with E-state index in [9.17, 15) is 0 Å². The Balaban J connectivity index is 2.54. The number of nitrogens with zero attached hydrogens (tertiary/aromatic N) is 2. The SMILES string of the molecule is CCNc1nc(-c2ccc(Br)cc2)c(C)cc1C#N. The van der Waals surface area contributed by atoms with Gasteiger partial charge >= 0.3 is 0 Å². The summed E-state index contributed by atoms with van der Waals surface area (Å²) >= 11 is 3.42. The van der Waals surface area contributed by atoms with E-state index in [0.29, 0.717) is 11.4 Å². The number of aromatic nitrogens is 1. The fourth-order valence-corrected chi connectivity index (χ4v) is 2.17. The van der Waals surface area contributed by atoms with Crippen LogP contribution in [-0.2, 0) is 0 Å². The third-order valence-corrected chi connectivity index (χ3v) is 3.32. The third kappa shape index (κ3) is 2.94. The number of hydrogen-bond donors (Lipinski definition) is 1. The molecule has 0 saturated heterocycles. The molecule has 2 rings (SSSR count). The van der Waals surface area contributed by atoms with Gasteiger partial charge in [-0.2, -0.15) is 5.26 Å². The number of nitriles is 1. The quantitative estimate of drug-likeness (QED) is 0.926. The van der Waals surface area contributed by atoms with E-state index in [4.69, 9.17) is 5.26 Å². The molecular weight excluding hydrogens is 302 g/mol. The average molecular weight is 316 g/mol. The first-order chi connectivity index (χ1) is 9.15. The van der Waals surface area contributed by atoms with Crippen molar-refractivity contribution in [1.82, 2.24) is 4.98 Å². The molecule has 1 N–H and O–H groups in total. The largest absolute Gasteiger partial charge is 0.369 e. The van der Waals surface area contributed by atoms with Crippen molar-refractivity contribution in [2.24, 2.45) is 0 Å². The molecule has 0 saturated carbocycles. The molecule has 4 heteroatoms. The van der Waals surface area contributed by atoms with E-state index < -0.39 is 0 Å². The zero-order valence-electron chi connectivity index (χ0n) is 10.9. The summed E-state index contributed by atoms with van der Waals surface area (Å²) in [6, 6.07) is 12.1. The van der Waals surface area contributed by atoms with E-state index in [2.05, 4.69) is 32.3 Å². The van der Waals surface area contributed by atoms with Gasteiger partial charge in [0.25, 0.3) is 0 Å². The number of aryl methyl sites for hydroxylation is 1. The number of benzene rings is 1. The Morgan fingerprint density at radius 2 is 2.00 bits per heavy atom. The molecule has 0 aliphatic rings. The Labute approximate surface area is 121 Å². The van der Waals surface area contributed by atoms with E-state index in [1.807, 2.05) is 44.2 Å². The zero-order valence-corrected chi connectivity index (χ0v) is 12.5. The van der Waals surface area contributed by atoms with Gasteiger partial charge in [-0.1, -0.05) is 28.1 Å². The molecule has 0 aliphatic heterocycles. The van der Waals surface area contributed by atoms with Crippen molar-refractivity contribution in [3.63, 3.8) is 0 Å². The fraction of sp³-hybridized carbons (Fsp3) is 0.200. The predicted molar refractivity (Wildman–Crippen MR) is 81.0 cm³/mol. The first-order valence-electron chi connectivity index (χ1n) is 6.07. The van der Waals surface area contributed by atoms with E-state index in [-0.39, 0.29) is 0 Å². The molecule has 0 spiro atoms. The summed E-state index contributed by atoms with van der Waals surface area (Å²) in [6.45, 7) is 4.70. The predicted octanol–water partition coefficient (Wildman–Crippen LogP) is 4.12. The standard InChI is InChI=1S/C15H14BrN3/c1-3-18-15-12(9-17)8-10(2)14(19-15)11-4-6-13(16)7-5-11/h4-8H,3H2,1-2H3,(H,18,19). The van der Waals surface area contributed by atoms with Gasteiger partial charge in [0.1, 0.15) is 11.9 Å². The van der Waals surface area contributed by atoms with Crippen molar-refractivity contribution in [1.29, 1.82) is 5.26 Å². The lowest BCUT2D eigenvalue weighted by atomic mass is 10.0. The Morgan fingerprint density at radius 1 is 1.32 bits per heavy atom. The van der Waals surface area contributed by atoms with E-state index in [0.717, 1.165) is 27.8 Å². The molecule has 0 atom stereocenters. The van der Waals surface area contributed by atoms with E-state index >= 15 is 0 Å². The number of anilines is 1. The fourth-order valence-electron chi connectivity index (χ4n) is 1.90. The normalized spacial score (nSPS) is 10.0. The number of hydrogen-bond acceptors (Lipinski definition) is 3. The molecule has 1 aromatic heterocycles. The van der Waals surface area contributed by atoms with Gasteiger partial charge in [0.05, 0.1) is 11.3 Å². The van der Waals surface area contributed by atoms with Gasteiger partial charge in [0.2, 0.25) is 0 Å². The highest BCUT2D eigenvalue weighted by molar-refractivity contribution is 9.10. The first-order valence-corrected chi connectivity index (χ1v) is 6.86. The van der Waals surface area contributed by atoms with Crippen LogP contribution in [0.5, 0.6) is 0 Å². The van der Waals surface area contributed by atoms with Crippen molar-refractivity contribution in [3.8, 4) is 17.3 Å². The van der Waals surface area contributed by atoms with Crippen LogP contribution in [0.4, 0.5) is 5.82 Å². The zero-order chi connectivity index (χ0) is 13.8. The minimum absolute atomic E-state index is 0.584. The second-order valence-electron chi connectivity index (χ2n) is 4.20. The summed E-state index contributed by atoms with van der Waals surface area (Å²) in [7, 11) is 0. The van der Waals surface area contributed by atoms with Crippen molar-refractivity contribution >= 4 is 21.7 Å². The Morgan fingerprint density at radius 3 is 2.58 bits per heavy atom. The van der Waals surface area contributed by atoms with Gasteiger partial charge in [-0.15, -0.1) is 0 Å². The molecule has 19 heavy (non-hydrogen) atoms. The number of rotatable bonds is 3. The summed E-state index contributed by atoms with van der Waals surface area (Å²) < 4.78 is 1.04.